The zero-order chi connectivity index (χ0) is 6.69. The van der Waals surface area contributed by atoms with Crippen LogP contribution in [0.3, 0.4) is 0 Å². The molecule has 0 amide bonds. The molecule has 1 N–H and O–H groups in total. The summed E-state index contributed by atoms with van der Waals surface area (Å²) in [6.45, 7) is 6.30. The van der Waals surface area contributed by atoms with Crippen molar-refractivity contribution in [3.8, 4) is 0 Å². The highest BCUT2D eigenvalue weighted by Gasteiger charge is 2.20. The minimum atomic E-state index is 0.629. The number of hydrogen-bond acceptors (Lipinski definition) is 2. The maximum absolute atomic E-state index is 5.07. The maximum atomic E-state index is 5.07. The van der Waals surface area contributed by atoms with E-state index in [1.54, 1.807) is 0 Å². The van der Waals surface area contributed by atoms with Gasteiger partial charge in [-0.15, -0.1) is 0 Å². The van der Waals surface area contributed by atoms with Crippen LogP contribution in [0.4, 0.5) is 0 Å². The van der Waals surface area contributed by atoms with Crippen LogP contribution in [-0.4, -0.2) is 12.6 Å². The van der Waals surface area contributed by atoms with Crippen molar-refractivity contribution in [2.24, 2.45) is 0 Å². The third-order valence-electron chi connectivity index (χ3n) is 1.15. The normalized spacial score (nSPS) is 17.9. The van der Waals surface area contributed by atoms with Crippen LogP contribution >= 0.6 is 0 Å². The Kier molecular flexibility index (Phi) is 2.25. The van der Waals surface area contributed by atoms with Crippen LogP contribution in [0, 0.1) is 0 Å². The molecule has 0 bridgehead atoms. The predicted molar refractivity (Wildman–Crippen MR) is 36.9 cm³/mol. The highest BCUT2D eigenvalue weighted by molar-refractivity contribution is 4.87. The quantitative estimate of drug-likeness (QED) is 0.453. The zero-order valence-corrected chi connectivity index (χ0v) is 5.81. The lowest BCUT2D eigenvalue weighted by Crippen LogP contribution is -2.17. The molecule has 0 aromatic carbocycles. The van der Waals surface area contributed by atoms with Gasteiger partial charge in [-0.2, -0.15) is 5.48 Å². The summed E-state index contributed by atoms with van der Waals surface area (Å²) < 4.78 is 0. The summed E-state index contributed by atoms with van der Waals surface area (Å²) in [6.07, 6.45) is 2.52. The number of rotatable bonds is 4. The first-order chi connectivity index (χ1) is 4.29. The van der Waals surface area contributed by atoms with Crippen LogP contribution in [0.15, 0.2) is 12.2 Å². The molecule has 9 heavy (non-hydrogen) atoms. The summed E-state index contributed by atoms with van der Waals surface area (Å²) in [5.41, 5.74) is 3.99. The molecule has 0 unspecified atom stereocenters. The van der Waals surface area contributed by atoms with Gasteiger partial charge >= 0.3 is 0 Å². The molecule has 0 atom stereocenters. The second-order valence-corrected chi connectivity index (χ2v) is 2.64. The third-order valence-corrected chi connectivity index (χ3v) is 1.15. The lowest BCUT2D eigenvalue weighted by molar-refractivity contribution is 0.0530. The molecule has 1 aliphatic rings. The molecule has 1 saturated carbocycles. The van der Waals surface area contributed by atoms with E-state index >= 15 is 0 Å². The summed E-state index contributed by atoms with van der Waals surface area (Å²) in [6, 6.07) is 0.629. The average molecular weight is 127 g/mol. The van der Waals surface area contributed by atoms with Gasteiger partial charge in [0.1, 0.15) is 0 Å². The van der Waals surface area contributed by atoms with Crippen LogP contribution in [0.25, 0.3) is 0 Å². The lowest BCUT2D eigenvalue weighted by Gasteiger charge is -2.01. The Morgan fingerprint density at radius 1 is 1.78 bits per heavy atom. The topological polar surface area (TPSA) is 21.3 Å². The van der Waals surface area contributed by atoms with Gasteiger partial charge in [-0.1, -0.05) is 12.2 Å². The zero-order valence-electron chi connectivity index (χ0n) is 5.81. The molecule has 2 nitrogen and oxygen atoms in total. The number of hydroxylamine groups is 1. The van der Waals surface area contributed by atoms with E-state index in [1.807, 2.05) is 6.92 Å². The minimum absolute atomic E-state index is 0.629. The van der Waals surface area contributed by atoms with Gasteiger partial charge in [0.2, 0.25) is 0 Å². The van der Waals surface area contributed by atoms with E-state index in [-0.39, 0.29) is 0 Å². The Labute approximate surface area is 55.9 Å². The van der Waals surface area contributed by atoms with E-state index in [9.17, 15) is 0 Å². The van der Waals surface area contributed by atoms with Crippen LogP contribution < -0.4 is 5.48 Å². The van der Waals surface area contributed by atoms with E-state index in [4.69, 9.17) is 4.84 Å². The number of nitrogens with one attached hydrogen (secondary N) is 1. The fourth-order valence-corrected chi connectivity index (χ4v) is 0.484. The summed E-state index contributed by atoms with van der Waals surface area (Å²) in [4.78, 5) is 5.07. The van der Waals surface area contributed by atoms with Crippen molar-refractivity contribution in [3.05, 3.63) is 12.2 Å². The second kappa shape index (κ2) is 2.99. The molecule has 0 radical (unpaired) electrons. The highest BCUT2D eigenvalue weighted by Crippen LogP contribution is 2.18. The first kappa shape index (κ1) is 6.78. The highest BCUT2D eigenvalue weighted by atomic mass is 16.6. The summed E-state index contributed by atoms with van der Waals surface area (Å²) in [5.74, 6) is 0. The van der Waals surface area contributed by atoms with Gasteiger partial charge in [-0.3, -0.25) is 4.84 Å². The van der Waals surface area contributed by atoms with Gasteiger partial charge in [0.25, 0.3) is 0 Å². The molecule has 0 saturated heterocycles. The maximum Gasteiger partial charge on any atom is 0.0887 e. The standard InChI is InChI=1S/C7H13NO/c1-6(2)5-9-8-7-3-4-7/h7-8H,1,3-5H2,2H3. The molecule has 1 fully saturated rings. The molecule has 0 aromatic rings. The summed E-state index contributed by atoms with van der Waals surface area (Å²) >= 11 is 0. The molecule has 0 heterocycles. The molecule has 0 aliphatic heterocycles. The van der Waals surface area contributed by atoms with Gasteiger partial charge in [0, 0.05) is 6.04 Å². The van der Waals surface area contributed by atoms with E-state index in [1.165, 1.54) is 12.8 Å². The van der Waals surface area contributed by atoms with Crippen molar-refractivity contribution in [2.45, 2.75) is 25.8 Å². The molecular weight excluding hydrogens is 114 g/mol. The molecule has 0 aromatic heterocycles. The SMILES string of the molecule is C=C(C)CONC1CC1. The van der Waals surface area contributed by atoms with Crippen LogP contribution in [-0.2, 0) is 4.84 Å². The fraction of sp³-hybridized carbons (Fsp3) is 0.714. The average Bonchev–Trinajstić information content (AvgIpc) is 2.48. The molecule has 1 rings (SSSR count). The Hall–Kier alpha value is -0.340. The monoisotopic (exact) mass is 127 g/mol. The Bertz CT molecular complexity index is 107. The first-order valence-corrected chi connectivity index (χ1v) is 3.31. The van der Waals surface area contributed by atoms with Crippen molar-refractivity contribution in [3.63, 3.8) is 0 Å². The van der Waals surface area contributed by atoms with Crippen LogP contribution in [0.5, 0.6) is 0 Å². The Morgan fingerprint density at radius 3 is 2.89 bits per heavy atom. The van der Waals surface area contributed by atoms with Gasteiger partial charge in [-0.05, 0) is 19.8 Å². The van der Waals surface area contributed by atoms with Crippen molar-refractivity contribution < 1.29 is 4.84 Å². The first-order valence-electron chi connectivity index (χ1n) is 3.31. The molecule has 1 aliphatic carbocycles. The van der Waals surface area contributed by atoms with E-state index in [0.717, 1.165) is 5.57 Å². The largest absolute Gasteiger partial charge is 0.297 e. The van der Waals surface area contributed by atoms with Crippen LogP contribution in [0.2, 0.25) is 0 Å². The molecule has 0 spiro atoms. The van der Waals surface area contributed by atoms with E-state index in [0.29, 0.717) is 12.6 Å². The Morgan fingerprint density at radius 2 is 2.44 bits per heavy atom. The predicted octanol–water partition coefficient (Wildman–Crippen LogP) is 1.25. The smallest absolute Gasteiger partial charge is 0.0887 e. The van der Waals surface area contributed by atoms with Gasteiger partial charge < -0.3 is 0 Å². The lowest BCUT2D eigenvalue weighted by atomic mass is 10.4. The number of hydrogen-bond donors (Lipinski definition) is 1. The molecule has 52 valence electrons. The van der Waals surface area contributed by atoms with Crippen molar-refractivity contribution in [1.29, 1.82) is 0 Å². The second-order valence-electron chi connectivity index (χ2n) is 2.64. The van der Waals surface area contributed by atoms with Crippen LogP contribution in [0.1, 0.15) is 19.8 Å². The Balaban J connectivity index is 1.86. The van der Waals surface area contributed by atoms with Gasteiger partial charge in [0.15, 0.2) is 0 Å². The van der Waals surface area contributed by atoms with Gasteiger partial charge in [-0.25, -0.2) is 0 Å². The summed E-state index contributed by atoms with van der Waals surface area (Å²) in [7, 11) is 0. The van der Waals surface area contributed by atoms with Crippen molar-refractivity contribution in [2.75, 3.05) is 6.61 Å². The van der Waals surface area contributed by atoms with Crippen molar-refractivity contribution >= 4 is 0 Å². The summed E-state index contributed by atoms with van der Waals surface area (Å²) in [5, 5.41) is 0. The minimum Gasteiger partial charge on any atom is -0.297 e. The van der Waals surface area contributed by atoms with E-state index in [2.05, 4.69) is 12.1 Å². The molecular formula is C7H13NO. The van der Waals surface area contributed by atoms with E-state index < -0.39 is 0 Å². The van der Waals surface area contributed by atoms with Crippen molar-refractivity contribution in [1.82, 2.24) is 5.48 Å². The van der Waals surface area contributed by atoms with Gasteiger partial charge in [0.05, 0.1) is 6.61 Å². The fourth-order valence-electron chi connectivity index (χ4n) is 0.484. The molecule has 2 heteroatoms. The third kappa shape index (κ3) is 3.27.